The van der Waals surface area contributed by atoms with E-state index in [0.29, 0.717) is 6.54 Å². The first-order valence-electron chi connectivity index (χ1n) is 12.6. The lowest BCUT2D eigenvalue weighted by Gasteiger charge is -2.50. The first kappa shape index (κ1) is 28.5. The van der Waals surface area contributed by atoms with Crippen molar-refractivity contribution in [2.45, 2.75) is 37.0 Å². The summed E-state index contributed by atoms with van der Waals surface area (Å²) >= 11 is 0. The maximum atomic E-state index is 14.7. The molecule has 2 saturated heterocycles. The molecule has 2 aliphatic rings. The van der Waals surface area contributed by atoms with Crippen LogP contribution < -0.4 is 5.32 Å². The maximum Gasteiger partial charge on any atom is 0.430 e. The number of carbonyl (C=O) groups excluding carboxylic acids is 3. The minimum Gasteiger partial charge on any atom is -0.356 e. The van der Waals surface area contributed by atoms with Gasteiger partial charge in [-0.1, -0.05) is 24.3 Å². The van der Waals surface area contributed by atoms with Gasteiger partial charge in [-0.25, -0.2) is 4.39 Å². The van der Waals surface area contributed by atoms with Gasteiger partial charge in [-0.15, -0.1) is 0 Å². The van der Waals surface area contributed by atoms with Crippen molar-refractivity contribution in [2.24, 2.45) is 5.41 Å². The fraction of sp³-hybridized carbons (Fsp3) is 0.464. The van der Waals surface area contributed by atoms with E-state index < -0.39 is 40.4 Å². The van der Waals surface area contributed by atoms with Gasteiger partial charge in [-0.05, 0) is 48.1 Å². The molecule has 1 unspecified atom stereocenters. The van der Waals surface area contributed by atoms with Gasteiger partial charge >= 0.3 is 6.18 Å². The van der Waals surface area contributed by atoms with Crippen LogP contribution in [0.4, 0.5) is 17.6 Å². The van der Waals surface area contributed by atoms with Crippen LogP contribution in [0.25, 0.3) is 0 Å². The number of nitrogens with zero attached hydrogens (tertiary/aromatic N) is 2. The van der Waals surface area contributed by atoms with Crippen LogP contribution in [0.1, 0.15) is 46.7 Å². The summed E-state index contributed by atoms with van der Waals surface area (Å²) in [6.45, 7) is 0.262. The number of halogens is 4. The van der Waals surface area contributed by atoms with E-state index in [1.54, 1.807) is 12.1 Å². The van der Waals surface area contributed by atoms with Crippen LogP contribution in [-0.2, 0) is 19.9 Å². The first-order valence-corrected chi connectivity index (χ1v) is 12.6. The molecule has 0 radical (unpaired) electrons. The summed E-state index contributed by atoms with van der Waals surface area (Å²) in [6, 6.07) is 10.8. The fourth-order valence-electron chi connectivity index (χ4n) is 5.87. The highest BCUT2D eigenvalue weighted by molar-refractivity contribution is 5.95. The molecular formula is C28H31F4N3O4. The standard InChI is InChI=1S/C28H31F4N3O4/c1-34(2)24(37)19-5-4-6-20(15-19)27(39-3,28(30,31)32)25(38)35-13-11-26(12-14-35)16-23(36)33-17-22(26)18-7-9-21(29)10-8-18/h4-10,15,22H,11-14,16-17H2,1-3H3,(H,33,36)/t22-,27?/m0/s1. The Hall–Kier alpha value is -3.47. The zero-order valence-corrected chi connectivity index (χ0v) is 22.0. The lowest BCUT2D eigenvalue weighted by molar-refractivity contribution is -0.271. The third-order valence-corrected chi connectivity index (χ3v) is 8.00. The normalized spacial score (nSPS) is 20.7. The van der Waals surface area contributed by atoms with Crippen LogP contribution in [0, 0.1) is 11.2 Å². The van der Waals surface area contributed by atoms with Gasteiger partial charge in [0.1, 0.15) is 5.82 Å². The summed E-state index contributed by atoms with van der Waals surface area (Å²) in [5.74, 6) is -2.54. The molecule has 2 aliphatic heterocycles. The van der Waals surface area contributed by atoms with Crippen LogP contribution in [-0.4, -0.2) is 74.5 Å². The molecule has 3 amide bonds. The predicted octanol–water partition coefficient (Wildman–Crippen LogP) is 3.84. The van der Waals surface area contributed by atoms with Crippen molar-refractivity contribution in [3.63, 3.8) is 0 Å². The highest BCUT2D eigenvalue weighted by Crippen LogP contribution is 2.50. The number of methoxy groups -OCH3 is 1. The van der Waals surface area contributed by atoms with E-state index in [1.165, 1.54) is 43.3 Å². The Kier molecular flexibility index (Phi) is 7.75. The number of carbonyl (C=O) groups is 3. The number of alkyl halides is 3. The van der Waals surface area contributed by atoms with E-state index in [9.17, 15) is 31.9 Å². The summed E-state index contributed by atoms with van der Waals surface area (Å²) in [5.41, 5.74) is -3.59. The quantitative estimate of drug-likeness (QED) is 0.575. The molecule has 210 valence electrons. The molecule has 1 N–H and O–H groups in total. The lowest BCUT2D eigenvalue weighted by Crippen LogP contribution is -2.60. The number of amides is 3. The maximum absolute atomic E-state index is 14.7. The number of piperidine rings is 2. The molecule has 0 aliphatic carbocycles. The van der Waals surface area contributed by atoms with E-state index in [4.69, 9.17) is 4.74 Å². The zero-order chi connectivity index (χ0) is 28.6. The van der Waals surface area contributed by atoms with E-state index >= 15 is 0 Å². The lowest BCUT2D eigenvalue weighted by atomic mass is 9.62. The van der Waals surface area contributed by atoms with Crippen molar-refractivity contribution in [3.8, 4) is 0 Å². The molecule has 2 aromatic carbocycles. The van der Waals surface area contributed by atoms with Gasteiger partial charge in [0.15, 0.2) is 0 Å². The Balaban J connectivity index is 1.65. The Morgan fingerprint density at radius 1 is 1.08 bits per heavy atom. The molecule has 0 bridgehead atoms. The average molecular weight is 550 g/mol. The second kappa shape index (κ2) is 10.6. The van der Waals surface area contributed by atoms with Gasteiger partial charge in [0.2, 0.25) is 5.91 Å². The van der Waals surface area contributed by atoms with Crippen LogP contribution >= 0.6 is 0 Å². The second-order valence-electron chi connectivity index (χ2n) is 10.4. The van der Waals surface area contributed by atoms with Gasteiger partial charge in [-0.3, -0.25) is 14.4 Å². The highest BCUT2D eigenvalue weighted by Gasteiger charge is 2.64. The third-order valence-electron chi connectivity index (χ3n) is 8.00. The van der Waals surface area contributed by atoms with Crippen molar-refractivity contribution in [1.29, 1.82) is 0 Å². The first-order chi connectivity index (χ1) is 18.3. The average Bonchev–Trinajstić information content (AvgIpc) is 2.89. The summed E-state index contributed by atoms with van der Waals surface area (Å²) in [4.78, 5) is 40.9. The molecule has 0 saturated carbocycles. The van der Waals surface area contributed by atoms with Crippen LogP contribution in [0.3, 0.4) is 0 Å². The molecular weight excluding hydrogens is 518 g/mol. The van der Waals surface area contributed by atoms with Gasteiger partial charge in [0.05, 0.1) is 0 Å². The monoisotopic (exact) mass is 549 g/mol. The predicted molar refractivity (Wildman–Crippen MR) is 134 cm³/mol. The molecule has 2 aromatic rings. The number of benzene rings is 2. The van der Waals surface area contributed by atoms with E-state index in [0.717, 1.165) is 29.7 Å². The van der Waals surface area contributed by atoms with Crippen molar-refractivity contribution in [2.75, 3.05) is 40.8 Å². The van der Waals surface area contributed by atoms with E-state index in [2.05, 4.69) is 5.32 Å². The molecule has 7 nitrogen and oxygen atoms in total. The Morgan fingerprint density at radius 3 is 2.28 bits per heavy atom. The molecule has 2 atom stereocenters. The van der Waals surface area contributed by atoms with Crippen molar-refractivity contribution < 1.29 is 36.7 Å². The van der Waals surface area contributed by atoms with Crippen LogP contribution in [0.2, 0.25) is 0 Å². The van der Waals surface area contributed by atoms with Gasteiger partial charge in [0, 0.05) is 64.3 Å². The Bertz CT molecular complexity index is 1240. The van der Waals surface area contributed by atoms with E-state index in [-0.39, 0.29) is 49.7 Å². The molecule has 2 heterocycles. The molecule has 0 aromatic heterocycles. The van der Waals surface area contributed by atoms with Crippen molar-refractivity contribution in [1.82, 2.24) is 15.1 Å². The molecule has 11 heteroatoms. The van der Waals surface area contributed by atoms with Crippen LogP contribution in [0.15, 0.2) is 48.5 Å². The number of hydrogen-bond donors (Lipinski definition) is 1. The summed E-state index contributed by atoms with van der Waals surface area (Å²) in [5, 5.41) is 2.83. The second-order valence-corrected chi connectivity index (χ2v) is 10.4. The smallest absolute Gasteiger partial charge is 0.356 e. The summed E-state index contributed by atoms with van der Waals surface area (Å²) in [6.07, 6.45) is -4.41. The molecule has 39 heavy (non-hydrogen) atoms. The van der Waals surface area contributed by atoms with Crippen molar-refractivity contribution >= 4 is 17.7 Å². The number of hydrogen-bond acceptors (Lipinski definition) is 4. The third kappa shape index (κ3) is 5.11. The van der Waals surface area contributed by atoms with Crippen LogP contribution in [0.5, 0.6) is 0 Å². The minimum atomic E-state index is -5.13. The van der Waals surface area contributed by atoms with Gasteiger partial charge in [0.25, 0.3) is 17.4 Å². The van der Waals surface area contributed by atoms with E-state index in [1.807, 2.05) is 0 Å². The number of ether oxygens (including phenoxy) is 1. The molecule has 1 spiro atoms. The SMILES string of the molecule is COC(C(=O)N1CCC2(CC1)CC(=O)NC[C@H]2c1ccc(F)cc1)(c1cccc(C(=O)N(C)C)c1)C(F)(F)F. The summed E-state index contributed by atoms with van der Waals surface area (Å²) < 4.78 is 62.7. The molecule has 4 rings (SSSR count). The van der Waals surface area contributed by atoms with Gasteiger partial charge in [-0.2, -0.15) is 13.2 Å². The number of likely N-dealkylation sites (tertiary alicyclic amines) is 1. The fourth-order valence-corrected chi connectivity index (χ4v) is 5.87. The topological polar surface area (TPSA) is 79.0 Å². The highest BCUT2D eigenvalue weighted by atomic mass is 19.4. The number of rotatable bonds is 5. The minimum absolute atomic E-state index is 0.0103. The van der Waals surface area contributed by atoms with Gasteiger partial charge < -0.3 is 19.9 Å². The molecule has 2 fully saturated rings. The van der Waals surface area contributed by atoms with Crippen molar-refractivity contribution in [3.05, 3.63) is 71.0 Å². The largest absolute Gasteiger partial charge is 0.430 e. The summed E-state index contributed by atoms with van der Waals surface area (Å²) in [7, 11) is 3.77. The Morgan fingerprint density at radius 2 is 1.72 bits per heavy atom. The number of nitrogens with one attached hydrogen (secondary N) is 1. The zero-order valence-electron chi connectivity index (χ0n) is 22.0. The Labute approximate surface area is 224 Å².